The van der Waals surface area contributed by atoms with E-state index in [2.05, 4.69) is 24.3 Å². The predicted octanol–water partition coefficient (Wildman–Crippen LogP) is 2.99. The van der Waals surface area contributed by atoms with Crippen LogP contribution in [-0.2, 0) is 20.7 Å². The van der Waals surface area contributed by atoms with Crippen molar-refractivity contribution >= 4 is 11.8 Å². The molecular formula is C24H28N2O3. The Bertz CT molecular complexity index is 892. The summed E-state index contributed by atoms with van der Waals surface area (Å²) >= 11 is 0. The second kappa shape index (κ2) is 7.99. The first kappa shape index (κ1) is 19.6. The standard InChI is InChI=1S/C24H28N2O3/c1-25(2)23(28)24(17-26(13-14-29-24)22(27)20-11-12-20)16-18-7-6-10-21(15-18)19-8-4-3-5-9-19/h3-10,15,20H,11-14,16-17H2,1-2H3/t24-/m0/s1. The van der Waals surface area contributed by atoms with E-state index in [0.717, 1.165) is 29.5 Å². The van der Waals surface area contributed by atoms with Gasteiger partial charge in [-0.05, 0) is 29.5 Å². The molecule has 1 atom stereocenters. The highest BCUT2D eigenvalue weighted by atomic mass is 16.5. The fourth-order valence-corrected chi connectivity index (χ4v) is 4.10. The molecule has 2 fully saturated rings. The van der Waals surface area contributed by atoms with Crippen molar-refractivity contribution in [1.82, 2.24) is 9.80 Å². The maximum absolute atomic E-state index is 13.2. The lowest BCUT2D eigenvalue weighted by atomic mass is 9.89. The molecule has 152 valence electrons. The molecule has 0 radical (unpaired) electrons. The van der Waals surface area contributed by atoms with Crippen molar-refractivity contribution in [2.24, 2.45) is 5.92 Å². The molecule has 1 saturated heterocycles. The van der Waals surface area contributed by atoms with Gasteiger partial charge in [-0.15, -0.1) is 0 Å². The SMILES string of the molecule is CN(C)C(=O)[C@]1(Cc2cccc(-c3ccccc3)c2)CN(C(=O)C2CC2)CCO1. The van der Waals surface area contributed by atoms with Gasteiger partial charge in [0, 0.05) is 33.0 Å². The molecule has 2 amide bonds. The quantitative estimate of drug-likeness (QED) is 0.786. The molecule has 0 spiro atoms. The van der Waals surface area contributed by atoms with Crippen LogP contribution in [0.15, 0.2) is 54.6 Å². The lowest BCUT2D eigenvalue weighted by Crippen LogP contribution is -2.62. The summed E-state index contributed by atoms with van der Waals surface area (Å²) in [6, 6.07) is 18.4. The van der Waals surface area contributed by atoms with Gasteiger partial charge in [-0.3, -0.25) is 9.59 Å². The maximum Gasteiger partial charge on any atom is 0.256 e. The van der Waals surface area contributed by atoms with Gasteiger partial charge in [0.1, 0.15) is 0 Å². The fourth-order valence-electron chi connectivity index (χ4n) is 4.10. The summed E-state index contributed by atoms with van der Waals surface area (Å²) in [5.74, 6) is 0.222. The number of amides is 2. The topological polar surface area (TPSA) is 49.9 Å². The van der Waals surface area contributed by atoms with Crippen LogP contribution in [0.1, 0.15) is 18.4 Å². The number of hydrogen-bond acceptors (Lipinski definition) is 3. The zero-order valence-electron chi connectivity index (χ0n) is 17.1. The Balaban J connectivity index is 1.62. The first-order valence-electron chi connectivity index (χ1n) is 10.3. The molecule has 0 bridgehead atoms. The van der Waals surface area contributed by atoms with E-state index in [9.17, 15) is 9.59 Å². The normalized spacial score (nSPS) is 21.7. The van der Waals surface area contributed by atoms with E-state index in [0.29, 0.717) is 26.1 Å². The van der Waals surface area contributed by atoms with Crippen LogP contribution in [0.5, 0.6) is 0 Å². The van der Waals surface area contributed by atoms with Crippen molar-refractivity contribution in [3.63, 3.8) is 0 Å². The van der Waals surface area contributed by atoms with Crippen LogP contribution in [0.4, 0.5) is 0 Å². The lowest BCUT2D eigenvalue weighted by molar-refractivity contribution is -0.173. The minimum Gasteiger partial charge on any atom is -0.361 e. The molecule has 1 heterocycles. The van der Waals surface area contributed by atoms with Gasteiger partial charge < -0.3 is 14.5 Å². The zero-order chi connectivity index (χ0) is 20.4. The van der Waals surface area contributed by atoms with Crippen LogP contribution in [0.2, 0.25) is 0 Å². The lowest BCUT2D eigenvalue weighted by Gasteiger charge is -2.43. The molecule has 4 rings (SSSR count). The molecule has 5 heteroatoms. The third kappa shape index (κ3) is 4.20. The van der Waals surface area contributed by atoms with Crippen molar-refractivity contribution in [3.05, 3.63) is 60.2 Å². The number of likely N-dealkylation sites (N-methyl/N-ethyl adjacent to an activating group) is 1. The monoisotopic (exact) mass is 392 g/mol. The molecule has 5 nitrogen and oxygen atoms in total. The van der Waals surface area contributed by atoms with Crippen LogP contribution in [0.3, 0.4) is 0 Å². The summed E-state index contributed by atoms with van der Waals surface area (Å²) in [6.45, 7) is 1.26. The van der Waals surface area contributed by atoms with Gasteiger partial charge in [0.2, 0.25) is 5.91 Å². The summed E-state index contributed by atoms with van der Waals surface area (Å²) < 4.78 is 6.13. The van der Waals surface area contributed by atoms with Gasteiger partial charge >= 0.3 is 0 Å². The van der Waals surface area contributed by atoms with E-state index in [1.165, 1.54) is 0 Å². The maximum atomic E-state index is 13.2. The van der Waals surface area contributed by atoms with Gasteiger partial charge in [-0.1, -0.05) is 54.6 Å². The fraction of sp³-hybridized carbons (Fsp3) is 0.417. The molecule has 2 aromatic rings. The summed E-state index contributed by atoms with van der Waals surface area (Å²) in [5, 5.41) is 0. The molecule has 29 heavy (non-hydrogen) atoms. The highest BCUT2D eigenvalue weighted by Gasteiger charge is 2.47. The number of rotatable bonds is 5. The average molecular weight is 392 g/mol. The summed E-state index contributed by atoms with van der Waals surface area (Å²) in [6.07, 6.45) is 2.37. The third-order valence-corrected chi connectivity index (χ3v) is 5.74. The molecule has 2 aromatic carbocycles. The molecule has 0 aromatic heterocycles. The molecule has 0 unspecified atom stereocenters. The minimum atomic E-state index is -1.04. The van der Waals surface area contributed by atoms with Crippen molar-refractivity contribution in [2.45, 2.75) is 24.9 Å². The first-order valence-corrected chi connectivity index (χ1v) is 10.3. The second-order valence-corrected chi connectivity index (χ2v) is 8.32. The second-order valence-electron chi connectivity index (χ2n) is 8.32. The van der Waals surface area contributed by atoms with Gasteiger partial charge in [0.05, 0.1) is 13.2 Å². The van der Waals surface area contributed by atoms with E-state index < -0.39 is 5.60 Å². The number of hydrogen-bond donors (Lipinski definition) is 0. The van der Waals surface area contributed by atoms with Crippen molar-refractivity contribution in [3.8, 4) is 11.1 Å². The van der Waals surface area contributed by atoms with Gasteiger partial charge in [0.15, 0.2) is 5.60 Å². The molecule has 2 aliphatic rings. The molecule has 1 aliphatic carbocycles. The van der Waals surface area contributed by atoms with Crippen molar-refractivity contribution in [1.29, 1.82) is 0 Å². The number of nitrogens with zero attached hydrogens (tertiary/aromatic N) is 2. The summed E-state index contributed by atoms with van der Waals surface area (Å²) in [4.78, 5) is 29.3. The van der Waals surface area contributed by atoms with Gasteiger partial charge in [-0.25, -0.2) is 0 Å². The highest BCUT2D eigenvalue weighted by Crippen LogP contribution is 2.34. The van der Waals surface area contributed by atoms with E-state index in [-0.39, 0.29) is 17.7 Å². The Morgan fingerprint density at radius 2 is 1.79 bits per heavy atom. The third-order valence-electron chi connectivity index (χ3n) is 5.74. The Labute approximate surface area is 172 Å². The number of ether oxygens (including phenoxy) is 1. The zero-order valence-corrected chi connectivity index (χ0v) is 17.1. The molecular weight excluding hydrogens is 364 g/mol. The number of benzene rings is 2. The van der Waals surface area contributed by atoms with Crippen molar-refractivity contribution < 1.29 is 14.3 Å². The molecule has 0 N–H and O–H groups in total. The largest absolute Gasteiger partial charge is 0.361 e. The summed E-state index contributed by atoms with van der Waals surface area (Å²) in [5.41, 5.74) is 2.23. The Hall–Kier alpha value is -2.66. The molecule has 1 aliphatic heterocycles. The highest BCUT2D eigenvalue weighted by molar-refractivity contribution is 5.88. The van der Waals surface area contributed by atoms with E-state index in [1.807, 2.05) is 35.2 Å². The smallest absolute Gasteiger partial charge is 0.256 e. The van der Waals surface area contributed by atoms with E-state index in [4.69, 9.17) is 4.74 Å². The minimum absolute atomic E-state index is 0.0871. The van der Waals surface area contributed by atoms with Crippen LogP contribution in [0.25, 0.3) is 11.1 Å². The first-order chi connectivity index (χ1) is 14.0. The van der Waals surface area contributed by atoms with Crippen molar-refractivity contribution in [2.75, 3.05) is 33.8 Å². The van der Waals surface area contributed by atoms with Crippen LogP contribution < -0.4 is 0 Å². The number of carbonyl (C=O) groups excluding carboxylic acids is 2. The predicted molar refractivity (Wildman–Crippen MR) is 112 cm³/mol. The van der Waals surface area contributed by atoms with Crippen LogP contribution >= 0.6 is 0 Å². The summed E-state index contributed by atoms with van der Waals surface area (Å²) in [7, 11) is 3.49. The van der Waals surface area contributed by atoms with Crippen LogP contribution in [-0.4, -0.2) is 61.0 Å². The van der Waals surface area contributed by atoms with E-state index >= 15 is 0 Å². The van der Waals surface area contributed by atoms with Gasteiger partial charge in [0.25, 0.3) is 5.91 Å². The Morgan fingerprint density at radius 1 is 1.07 bits per heavy atom. The Kier molecular flexibility index (Phi) is 5.41. The van der Waals surface area contributed by atoms with Gasteiger partial charge in [-0.2, -0.15) is 0 Å². The number of morpholine rings is 1. The number of carbonyl (C=O) groups is 2. The van der Waals surface area contributed by atoms with Crippen LogP contribution in [0, 0.1) is 5.92 Å². The molecule has 1 saturated carbocycles. The van der Waals surface area contributed by atoms with E-state index in [1.54, 1.807) is 19.0 Å². The average Bonchev–Trinajstić information content (AvgIpc) is 3.59. The Morgan fingerprint density at radius 3 is 2.48 bits per heavy atom.